The number of benzene rings is 2. The molecule has 0 unspecified atom stereocenters. The number of fused-ring (bicyclic) bond motifs is 2. The normalized spacial score (nSPS) is 16.1. The monoisotopic (exact) mass is 625 g/mol. The van der Waals surface area contributed by atoms with Crippen LogP contribution >= 0.6 is 21.6 Å². The molecule has 0 aliphatic carbocycles. The van der Waals surface area contributed by atoms with Gasteiger partial charge >= 0.3 is 0 Å². The Morgan fingerprint density at radius 2 is 1.48 bits per heavy atom. The van der Waals surface area contributed by atoms with Gasteiger partial charge in [0.2, 0.25) is 5.69 Å². The third-order valence-electron chi connectivity index (χ3n) is 8.06. The molecule has 0 saturated heterocycles. The summed E-state index contributed by atoms with van der Waals surface area (Å²) in [6.07, 6.45) is 17.6. The van der Waals surface area contributed by atoms with Crippen LogP contribution < -0.4 is 23.8 Å². The third kappa shape index (κ3) is 7.66. The van der Waals surface area contributed by atoms with Gasteiger partial charge in [-0.1, -0.05) is 51.9 Å². The van der Waals surface area contributed by atoms with Crippen molar-refractivity contribution in [3.05, 3.63) is 108 Å². The maximum atomic E-state index is 5.89. The summed E-state index contributed by atoms with van der Waals surface area (Å²) in [7, 11) is 8.14. The number of likely N-dealkylation sites (N-methyl/N-ethyl adjacent to an activating group) is 2. The highest BCUT2D eigenvalue weighted by Crippen LogP contribution is 2.33. The second-order valence-corrected chi connectivity index (χ2v) is 13.8. The molecule has 0 N–H and O–H groups in total. The Bertz CT molecular complexity index is 1570. The van der Waals surface area contributed by atoms with E-state index in [4.69, 9.17) is 9.47 Å². The lowest BCUT2D eigenvalue weighted by Gasteiger charge is -2.28. The van der Waals surface area contributed by atoms with E-state index >= 15 is 0 Å². The van der Waals surface area contributed by atoms with Gasteiger partial charge in [-0.25, -0.2) is 0 Å². The van der Waals surface area contributed by atoms with Crippen molar-refractivity contribution < 1.29 is 14.0 Å². The fourth-order valence-electron chi connectivity index (χ4n) is 5.51. The molecule has 44 heavy (non-hydrogen) atoms. The molecule has 0 bridgehead atoms. The third-order valence-corrected chi connectivity index (χ3v) is 10.4. The minimum Gasteiger partial charge on any atom is -0.490 e. The van der Waals surface area contributed by atoms with Crippen LogP contribution in [-0.4, -0.2) is 69.9 Å². The van der Waals surface area contributed by atoms with Crippen LogP contribution in [0.1, 0.15) is 16.8 Å². The van der Waals surface area contributed by atoms with Crippen LogP contribution in [0, 0.1) is 0 Å². The molecule has 0 saturated carbocycles. The van der Waals surface area contributed by atoms with E-state index in [1.165, 1.54) is 11.4 Å². The van der Waals surface area contributed by atoms with E-state index in [-0.39, 0.29) is 0 Å². The topological polar surface area (TPSA) is 32.1 Å². The van der Waals surface area contributed by atoms with Crippen molar-refractivity contribution >= 4 is 51.2 Å². The van der Waals surface area contributed by atoms with Gasteiger partial charge < -0.3 is 24.2 Å². The molecule has 228 valence electrons. The lowest BCUT2D eigenvalue weighted by atomic mass is 10.1. The number of hydrogen-bond donors (Lipinski definition) is 0. The maximum Gasteiger partial charge on any atom is 0.205 e. The van der Waals surface area contributed by atoms with Gasteiger partial charge in [0, 0.05) is 56.8 Å². The highest BCUT2D eigenvalue weighted by Gasteiger charge is 2.16. The van der Waals surface area contributed by atoms with Gasteiger partial charge in [0.25, 0.3) is 0 Å². The fourth-order valence-corrected chi connectivity index (χ4v) is 7.47. The summed E-state index contributed by atoms with van der Waals surface area (Å²) < 4.78 is 14.1. The molecule has 0 radical (unpaired) electrons. The molecule has 8 heteroatoms. The van der Waals surface area contributed by atoms with Crippen molar-refractivity contribution in [2.45, 2.75) is 6.54 Å². The first-order chi connectivity index (χ1) is 21.6. The Kier molecular flexibility index (Phi) is 10.2. The van der Waals surface area contributed by atoms with Crippen LogP contribution in [0.15, 0.2) is 90.8 Å². The SMILES string of the molecule is CN1CCOc2cc(/C=C/C3=CC=CCN3CCSSCC[n+]3ccccc3/C=C/c3ccc4c(c3)OCCN4C)ccc21. The highest BCUT2D eigenvalue weighted by atomic mass is 33.1. The molecular weight excluding hydrogens is 585 g/mol. The molecule has 2 aromatic carbocycles. The van der Waals surface area contributed by atoms with E-state index in [0.29, 0.717) is 0 Å². The number of ether oxygens (including phenoxy) is 2. The summed E-state index contributed by atoms with van der Waals surface area (Å²) in [6.45, 7) is 6.27. The Labute approximate surface area is 269 Å². The first-order valence-corrected chi connectivity index (χ1v) is 17.8. The number of allylic oxidation sites excluding steroid dienone is 3. The Morgan fingerprint density at radius 1 is 0.795 bits per heavy atom. The summed E-state index contributed by atoms with van der Waals surface area (Å²) in [6, 6.07) is 19.3. The second kappa shape index (κ2) is 14.8. The summed E-state index contributed by atoms with van der Waals surface area (Å²) in [5.74, 6) is 4.06. The largest absolute Gasteiger partial charge is 0.490 e. The van der Waals surface area contributed by atoms with Crippen LogP contribution in [0.25, 0.3) is 18.2 Å². The molecular formula is C36H41N4O2S2+. The first kappa shape index (κ1) is 30.3. The molecule has 0 fully saturated rings. The lowest BCUT2D eigenvalue weighted by molar-refractivity contribution is -0.694. The van der Waals surface area contributed by atoms with Gasteiger partial charge in [-0.05, 0) is 59.7 Å². The quantitative estimate of drug-likeness (QED) is 0.134. The molecule has 3 aliphatic heterocycles. The van der Waals surface area contributed by atoms with Gasteiger partial charge in [0.05, 0.1) is 30.2 Å². The zero-order chi connectivity index (χ0) is 30.1. The Hall–Kier alpha value is -3.75. The van der Waals surface area contributed by atoms with Crippen LogP contribution in [-0.2, 0) is 6.54 Å². The lowest BCUT2D eigenvalue weighted by Crippen LogP contribution is -2.37. The molecule has 6 rings (SSSR count). The van der Waals surface area contributed by atoms with Gasteiger partial charge in [-0.15, -0.1) is 0 Å². The number of pyridine rings is 1. The van der Waals surface area contributed by atoms with Crippen molar-refractivity contribution in [3.63, 3.8) is 0 Å². The van der Waals surface area contributed by atoms with Crippen LogP contribution in [0.5, 0.6) is 11.5 Å². The zero-order valence-electron chi connectivity index (χ0n) is 25.6. The zero-order valence-corrected chi connectivity index (χ0v) is 27.2. The fraction of sp³-hybridized carbons (Fsp3) is 0.306. The summed E-state index contributed by atoms with van der Waals surface area (Å²) in [5, 5.41) is 0. The van der Waals surface area contributed by atoms with Crippen LogP contribution in [0.2, 0.25) is 0 Å². The maximum absolute atomic E-state index is 5.89. The second-order valence-electron chi connectivity index (χ2n) is 11.1. The van der Waals surface area contributed by atoms with Gasteiger partial charge in [0.1, 0.15) is 24.7 Å². The van der Waals surface area contributed by atoms with Gasteiger partial charge in [-0.2, -0.15) is 4.57 Å². The highest BCUT2D eigenvalue weighted by molar-refractivity contribution is 8.76. The van der Waals surface area contributed by atoms with Gasteiger partial charge in [-0.3, -0.25) is 0 Å². The predicted octanol–water partition coefficient (Wildman–Crippen LogP) is 6.65. The predicted molar refractivity (Wildman–Crippen MR) is 189 cm³/mol. The first-order valence-electron chi connectivity index (χ1n) is 15.3. The van der Waals surface area contributed by atoms with Crippen molar-refractivity contribution in [1.29, 1.82) is 0 Å². The summed E-state index contributed by atoms with van der Waals surface area (Å²) in [5.41, 5.74) is 7.09. The molecule has 3 aliphatic rings. The van der Waals surface area contributed by atoms with E-state index in [1.54, 1.807) is 0 Å². The van der Waals surface area contributed by atoms with Crippen molar-refractivity contribution in [1.82, 2.24) is 4.90 Å². The average Bonchev–Trinajstić information content (AvgIpc) is 3.05. The molecule has 3 aromatic rings. The summed E-state index contributed by atoms with van der Waals surface area (Å²) in [4.78, 5) is 6.94. The van der Waals surface area contributed by atoms with E-state index in [1.807, 2.05) is 21.6 Å². The van der Waals surface area contributed by atoms with E-state index in [0.717, 1.165) is 91.4 Å². The molecule has 0 amide bonds. The Balaban J connectivity index is 0.963. The van der Waals surface area contributed by atoms with Crippen molar-refractivity contribution in [2.24, 2.45) is 0 Å². The molecule has 1 aromatic heterocycles. The van der Waals surface area contributed by atoms with Crippen LogP contribution in [0.4, 0.5) is 11.4 Å². The Morgan fingerprint density at radius 3 is 2.20 bits per heavy atom. The number of hydrogen-bond acceptors (Lipinski definition) is 7. The smallest absolute Gasteiger partial charge is 0.205 e. The molecule has 0 atom stereocenters. The van der Waals surface area contributed by atoms with Crippen molar-refractivity contribution in [2.75, 3.05) is 74.8 Å². The minimum absolute atomic E-state index is 0.735. The number of anilines is 2. The molecule has 0 spiro atoms. The van der Waals surface area contributed by atoms with E-state index in [9.17, 15) is 0 Å². The number of nitrogens with zero attached hydrogens (tertiary/aromatic N) is 4. The van der Waals surface area contributed by atoms with Gasteiger partial charge in [0.15, 0.2) is 12.7 Å². The average molecular weight is 626 g/mol. The number of rotatable bonds is 11. The standard InChI is InChI=1S/C36H41N4O2S2/c1-37-19-23-41-35-27-29(11-15-33(35)37)9-13-31-7-3-5-17-39(31)21-25-43-44-26-22-40-18-6-4-8-32(40)14-10-30-12-16-34-36(28-30)42-24-20-38(34)2/h3-17,27-28H,18-26H2,1-2H3/q+1/b14-10+. The van der Waals surface area contributed by atoms with Crippen molar-refractivity contribution in [3.8, 4) is 11.5 Å². The number of aromatic nitrogens is 1. The molecule has 4 heterocycles. The number of aryl methyl sites for hydroxylation is 1. The molecule has 6 nitrogen and oxygen atoms in total. The van der Waals surface area contributed by atoms with Crippen LogP contribution in [0.3, 0.4) is 0 Å². The minimum atomic E-state index is 0.735. The summed E-state index contributed by atoms with van der Waals surface area (Å²) >= 11 is 0. The van der Waals surface area contributed by atoms with E-state index < -0.39 is 0 Å². The van der Waals surface area contributed by atoms with E-state index in [2.05, 4.69) is 137 Å².